The van der Waals surface area contributed by atoms with Crippen molar-refractivity contribution in [2.24, 2.45) is 0 Å². The van der Waals surface area contributed by atoms with Gasteiger partial charge < -0.3 is 16.0 Å². The molecule has 1 aliphatic rings. The number of anilines is 1. The van der Waals surface area contributed by atoms with Gasteiger partial charge in [0.05, 0.1) is 0 Å². The van der Waals surface area contributed by atoms with Gasteiger partial charge in [-0.3, -0.25) is 0 Å². The molecule has 0 atom stereocenters. The number of nitrogens with one attached hydrogen (secondary N) is 1. The summed E-state index contributed by atoms with van der Waals surface area (Å²) in [5.41, 5.74) is 9.93. The fraction of sp³-hybridized carbons (Fsp3) is 0.188. The van der Waals surface area contributed by atoms with Crippen molar-refractivity contribution in [2.75, 3.05) is 5.73 Å². The molecular formula is C16H17N3O. The second kappa shape index (κ2) is 5.25. The number of carbonyl (C=O) groups is 1. The Kier molecular flexibility index (Phi) is 3.29. The molecule has 0 aliphatic carbocycles. The van der Waals surface area contributed by atoms with Gasteiger partial charge in [-0.15, -0.1) is 0 Å². The molecule has 1 heterocycles. The van der Waals surface area contributed by atoms with E-state index in [0.29, 0.717) is 19.6 Å². The van der Waals surface area contributed by atoms with Crippen molar-refractivity contribution in [1.29, 1.82) is 0 Å². The molecule has 0 radical (unpaired) electrons. The topological polar surface area (TPSA) is 58.4 Å². The van der Waals surface area contributed by atoms with Gasteiger partial charge >= 0.3 is 6.03 Å². The summed E-state index contributed by atoms with van der Waals surface area (Å²) in [6.07, 6.45) is 0. The summed E-state index contributed by atoms with van der Waals surface area (Å²) in [5, 5.41) is 2.95. The van der Waals surface area contributed by atoms with Crippen LogP contribution in [-0.2, 0) is 19.6 Å². The first-order valence-electron chi connectivity index (χ1n) is 6.66. The largest absolute Gasteiger partial charge is 0.399 e. The van der Waals surface area contributed by atoms with Gasteiger partial charge in [0.2, 0.25) is 0 Å². The van der Waals surface area contributed by atoms with Gasteiger partial charge in [0.15, 0.2) is 0 Å². The van der Waals surface area contributed by atoms with Crippen LogP contribution in [0.1, 0.15) is 16.7 Å². The van der Waals surface area contributed by atoms with Crippen LogP contribution in [0, 0.1) is 0 Å². The van der Waals surface area contributed by atoms with Gasteiger partial charge in [0.25, 0.3) is 0 Å². The predicted octanol–water partition coefficient (Wildman–Crippen LogP) is 2.49. The van der Waals surface area contributed by atoms with Crippen molar-refractivity contribution in [1.82, 2.24) is 10.2 Å². The molecule has 1 aliphatic heterocycles. The molecule has 0 saturated heterocycles. The molecule has 0 saturated carbocycles. The minimum Gasteiger partial charge on any atom is -0.399 e. The maximum Gasteiger partial charge on any atom is 0.318 e. The minimum atomic E-state index is -0.0383. The zero-order valence-corrected chi connectivity index (χ0v) is 11.2. The first-order valence-corrected chi connectivity index (χ1v) is 6.66. The van der Waals surface area contributed by atoms with Crippen LogP contribution in [0.5, 0.6) is 0 Å². The summed E-state index contributed by atoms with van der Waals surface area (Å²) in [6.45, 7) is 1.83. The number of urea groups is 1. The summed E-state index contributed by atoms with van der Waals surface area (Å²) in [4.78, 5) is 14.0. The fourth-order valence-corrected chi connectivity index (χ4v) is 2.44. The van der Waals surface area contributed by atoms with Gasteiger partial charge in [0, 0.05) is 25.3 Å². The van der Waals surface area contributed by atoms with Crippen molar-refractivity contribution < 1.29 is 4.79 Å². The summed E-state index contributed by atoms with van der Waals surface area (Å²) in [6, 6.07) is 15.7. The van der Waals surface area contributed by atoms with Crippen molar-refractivity contribution in [3.8, 4) is 0 Å². The molecule has 0 aromatic heterocycles. The summed E-state index contributed by atoms with van der Waals surface area (Å²) in [7, 11) is 0. The van der Waals surface area contributed by atoms with E-state index in [4.69, 9.17) is 5.73 Å². The molecule has 2 aromatic carbocycles. The average Bonchev–Trinajstić information content (AvgIpc) is 2.89. The lowest BCUT2D eigenvalue weighted by atomic mass is 10.1. The minimum absolute atomic E-state index is 0.0383. The van der Waals surface area contributed by atoms with Gasteiger partial charge in [-0.1, -0.05) is 36.4 Å². The normalized spacial score (nSPS) is 13.1. The van der Waals surface area contributed by atoms with Crippen LogP contribution in [0.3, 0.4) is 0 Å². The number of nitrogens with zero attached hydrogens (tertiary/aromatic N) is 1. The number of hydrogen-bond acceptors (Lipinski definition) is 2. The molecule has 0 fully saturated rings. The first kappa shape index (κ1) is 12.5. The highest BCUT2D eigenvalue weighted by Crippen LogP contribution is 2.24. The summed E-state index contributed by atoms with van der Waals surface area (Å²) < 4.78 is 0. The van der Waals surface area contributed by atoms with Crippen LogP contribution in [-0.4, -0.2) is 10.9 Å². The third kappa shape index (κ3) is 2.59. The molecule has 102 valence electrons. The Morgan fingerprint density at radius 3 is 2.65 bits per heavy atom. The monoisotopic (exact) mass is 267 g/mol. The third-order valence-corrected chi connectivity index (χ3v) is 3.53. The number of rotatable bonds is 2. The Morgan fingerprint density at radius 2 is 1.85 bits per heavy atom. The summed E-state index contributed by atoms with van der Waals surface area (Å²) in [5.74, 6) is 0. The highest BCUT2D eigenvalue weighted by Gasteiger charge is 2.22. The molecule has 3 rings (SSSR count). The van der Waals surface area contributed by atoms with E-state index in [1.807, 2.05) is 48.5 Å². The Bertz CT molecular complexity index is 625. The number of amides is 2. The van der Waals surface area contributed by atoms with Crippen LogP contribution >= 0.6 is 0 Å². The van der Waals surface area contributed by atoms with E-state index in [-0.39, 0.29) is 6.03 Å². The van der Waals surface area contributed by atoms with Crippen molar-refractivity contribution in [3.05, 3.63) is 65.2 Å². The number of carbonyl (C=O) groups excluding carboxylic acids is 1. The van der Waals surface area contributed by atoms with Gasteiger partial charge in [-0.25, -0.2) is 4.79 Å². The van der Waals surface area contributed by atoms with Crippen LogP contribution in [0.25, 0.3) is 0 Å². The number of nitrogens with two attached hydrogens (primary N) is 1. The lowest BCUT2D eigenvalue weighted by Gasteiger charge is -2.16. The molecule has 0 unspecified atom stereocenters. The molecule has 2 amide bonds. The quantitative estimate of drug-likeness (QED) is 0.821. The standard InChI is InChI=1S/C16H17N3O/c17-15-7-6-13-10-19(11-14(13)8-15)16(20)18-9-12-4-2-1-3-5-12/h1-8H,9-11,17H2,(H,18,20). The number of hydrogen-bond donors (Lipinski definition) is 2. The van der Waals surface area contributed by atoms with E-state index in [1.54, 1.807) is 4.90 Å². The summed E-state index contributed by atoms with van der Waals surface area (Å²) >= 11 is 0. The molecule has 2 aromatic rings. The van der Waals surface area contributed by atoms with E-state index < -0.39 is 0 Å². The van der Waals surface area contributed by atoms with Crippen LogP contribution < -0.4 is 11.1 Å². The number of fused-ring (bicyclic) bond motifs is 1. The second-order valence-electron chi connectivity index (χ2n) is 5.03. The van der Waals surface area contributed by atoms with E-state index in [0.717, 1.165) is 16.8 Å². The van der Waals surface area contributed by atoms with Crippen LogP contribution in [0.15, 0.2) is 48.5 Å². The second-order valence-corrected chi connectivity index (χ2v) is 5.03. The average molecular weight is 267 g/mol. The SMILES string of the molecule is Nc1ccc2c(c1)CN(C(=O)NCc1ccccc1)C2. The Labute approximate surface area is 118 Å². The van der Waals surface area contributed by atoms with E-state index in [2.05, 4.69) is 5.32 Å². The lowest BCUT2D eigenvalue weighted by molar-refractivity contribution is 0.198. The van der Waals surface area contributed by atoms with Crippen molar-refractivity contribution in [3.63, 3.8) is 0 Å². The van der Waals surface area contributed by atoms with E-state index >= 15 is 0 Å². The molecule has 0 spiro atoms. The Morgan fingerprint density at radius 1 is 1.10 bits per heavy atom. The highest BCUT2D eigenvalue weighted by atomic mass is 16.2. The molecule has 3 N–H and O–H groups in total. The van der Waals surface area contributed by atoms with Gasteiger partial charge in [0.1, 0.15) is 0 Å². The van der Waals surface area contributed by atoms with Crippen molar-refractivity contribution in [2.45, 2.75) is 19.6 Å². The Balaban J connectivity index is 1.60. The third-order valence-electron chi connectivity index (χ3n) is 3.53. The Hall–Kier alpha value is -2.49. The number of benzene rings is 2. The van der Waals surface area contributed by atoms with E-state index in [1.165, 1.54) is 5.56 Å². The van der Waals surface area contributed by atoms with Crippen LogP contribution in [0.2, 0.25) is 0 Å². The smallest absolute Gasteiger partial charge is 0.318 e. The zero-order chi connectivity index (χ0) is 13.9. The molecular weight excluding hydrogens is 250 g/mol. The van der Waals surface area contributed by atoms with Crippen LogP contribution in [0.4, 0.5) is 10.5 Å². The highest BCUT2D eigenvalue weighted by molar-refractivity contribution is 5.75. The predicted molar refractivity (Wildman–Crippen MR) is 78.8 cm³/mol. The van der Waals surface area contributed by atoms with Gasteiger partial charge in [-0.05, 0) is 28.8 Å². The fourth-order valence-electron chi connectivity index (χ4n) is 2.44. The molecule has 0 bridgehead atoms. The molecule has 4 nitrogen and oxygen atoms in total. The zero-order valence-electron chi connectivity index (χ0n) is 11.2. The first-order chi connectivity index (χ1) is 9.72. The van der Waals surface area contributed by atoms with Crippen molar-refractivity contribution >= 4 is 11.7 Å². The maximum atomic E-state index is 12.2. The number of nitrogen functional groups attached to an aromatic ring is 1. The van der Waals surface area contributed by atoms with E-state index in [9.17, 15) is 4.79 Å². The van der Waals surface area contributed by atoms with Gasteiger partial charge in [-0.2, -0.15) is 0 Å². The molecule has 20 heavy (non-hydrogen) atoms. The lowest BCUT2D eigenvalue weighted by Crippen LogP contribution is -2.35. The maximum absolute atomic E-state index is 12.2. The molecule has 4 heteroatoms.